The molecule has 1 N–H and O–H groups in total. The molecule has 0 saturated carbocycles. The van der Waals surface area contributed by atoms with Crippen molar-refractivity contribution in [3.63, 3.8) is 0 Å². The molecular formula is C21H42N2. The zero-order valence-corrected chi connectivity index (χ0v) is 16.0. The second-order valence-electron chi connectivity index (χ2n) is 7.33. The second kappa shape index (κ2) is 15.0. The van der Waals surface area contributed by atoms with E-state index in [-0.39, 0.29) is 0 Å². The van der Waals surface area contributed by atoms with Gasteiger partial charge in [-0.15, -0.1) is 0 Å². The van der Waals surface area contributed by atoms with Gasteiger partial charge in [0.1, 0.15) is 0 Å². The molecule has 0 saturated heterocycles. The summed E-state index contributed by atoms with van der Waals surface area (Å²) in [5.41, 5.74) is 0. The van der Waals surface area contributed by atoms with E-state index in [0.29, 0.717) is 5.92 Å². The monoisotopic (exact) mass is 322 g/mol. The fourth-order valence-corrected chi connectivity index (χ4v) is 3.63. The third kappa shape index (κ3) is 10.8. The SMILES string of the molecule is CCCCCCCCCCCCCCCC(CC)C1=NCCN1. The van der Waals surface area contributed by atoms with Crippen LogP contribution in [0.4, 0.5) is 0 Å². The number of aliphatic imine (C=N–C) groups is 1. The van der Waals surface area contributed by atoms with Crippen molar-refractivity contribution in [3.8, 4) is 0 Å². The maximum absolute atomic E-state index is 4.59. The van der Waals surface area contributed by atoms with E-state index in [0.717, 1.165) is 13.1 Å². The molecule has 1 unspecified atom stereocenters. The van der Waals surface area contributed by atoms with Crippen LogP contribution in [0.25, 0.3) is 0 Å². The van der Waals surface area contributed by atoms with Gasteiger partial charge >= 0.3 is 0 Å². The lowest BCUT2D eigenvalue weighted by molar-refractivity contribution is 0.509. The quantitative estimate of drug-likeness (QED) is 0.322. The molecule has 0 spiro atoms. The first-order valence-electron chi connectivity index (χ1n) is 10.7. The summed E-state index contributed by atoms with van der Waals surface area (Å²) in [6.07, 6.45) is 21.3. The zero-order chi connectivity index (χ0) is 16.6. The lowest BCUT2D eigenvalue weighted by atomic mass is 9.96. The van der Waals surface area contributed by atoms with E-state index in [4.69, 9.17) is 0 Å². The van der Waals surface area contributed by atoms with Crippen LogP contribution in [-0.2, 0) is 0 Å². The molecule has 0 aromatic heterocycles. The van der Waals surface area contributed by atoms with E-state index in [1.807, 2.05) is 0 Å². The molecule has 0 amide bonds. The molecule has 0 radical (unpaired) electrons. The van der Waals surface area contributed by atoms with Crippen LogP contribution in [-0.4, -0.2) is 18.9 Å². The maximum atomic E-state index is 4.59. The van der Waals surface area contributed by atoms with Crippen LogP contribution in [0.15, 0.2) is 4.99 Å². The van der Waals surface area contributed by atoms with Crippen LogP contribution in [0.5, 0.6) is 0 Å². The number of unbranched alkanes of at least 4 members (excludes halogenated alkanes) is 12. The fourth-order valence-electron chi connectivity index (χ4n) is 3.63. The van der Waals surface area contributed by atoms with Gasteiger partial charge in [0.05, 0.1) is 12.4 Å². The van der Waals surface area contributed by atoms with Crippen molar-refractivity contribution in [2.45, 2.75) is 110 Å². The topological polar surface area (TPSA) is 24.4 Å². The highest BCUT2D eigenvalue weighted by Gasteiger charge is 2.15. The molecule has 1 rings (SSSR count). The summed E-state index contributed by atoms with van der Waals surface area (Å²) in [6.45, 7) is 6.65. The first kappa shape index (κ1) is 20.5. The van der Waals surface area contributed by atoms with Crippen molar-refractivity contribution in [2.24, 2.45) is 10.9 Å². The molecule has 0 aliphatic carbocycles. The minimum Gasteiger partial charge on any atom is -0.372 e. The highest BCUT2D eigenvalue weighted by Crippen LogP contribution is 2.18. The number of nitrogens with one attached hydrogen (secondary N) is 1. The highest BCUT2D eigenvalue weighted by molar-refractivity contribution is 5.85. The van der Waals surface area contributed by atoms with E-state index in [1.165, 1.54) is 102 Å². The molecule has 0 aromatic rings. The van der Waals surface area contributed by atoms with E-state index in [2.05, 4.69) is 24.2 Å². The number of rotatable bonds is 16. The van der Waals surface area contributed by atoms with Crippen LogP contribution >= 0.6 is 0 Å². The van der Waals surface area contributed by atoms with Gasteiger partial charge < -0.3 is 5.32 Å². The molecule has 2 heteroatoms. The summed E-state index contributed by atoms with van der Waals surface area (Å²) in [7, 11) is 0. The van der Waals surface area contributed by atoms with Crippen molar-refractivity contribution in [2.75, 3.05) is 13.1 Å². The Kier molecular flexibility index (Phi) is 13.4. The van der Waals surface area contributed by atoms with Crippen LogP contribution in [0.3, 0.4) is 0 Å². The van der Waals surface area contributed by atoms with Gasteiger partial charge in [0.15, 0.2) is 0 Å². The van der Waals surface area contributed by atoms with Gasteiger partial charge in [0, 0.05) is 12.5 Å². The van der Waals surface area contributed by atoms with Crippen molar-refractivity contribution in [1.29, 1.82) is 0 Å². The normalized spacial score (nSPS) is 15.5. The van der Waals surface area contributed by atoms with Crippen molar-refractivity contribution in [3.05, 3.63) is 0 Å². The predicted octanol–water partition coefficient (Wildman–Crippen LogP) is 6.50. The fraction of sp³-hybridized carbons (Fsp3) is 0.952. The Morgan fingerprint density at radius 1 is 0.783 bits per heavy atom. The average Bonchev–Trinajstić information content (AvgIpc) is 3.09. The van der Waals surface area contributed by atoms with Crippen molar-refractivity contribution >= 4 is 5.84 Å². The first-order valence-corrected chi connectivity index (χ1v) is 10.7. The van der Waals surface area contributed by atoms with Crippen molar-refractivity contribution < 1.29 is 0 Å². The largest absolute Gasteiger partial charge is 0.372 e. The van der Waals surface area contributed by atoms with Gasteiger partial charge in [-0.2, -0.15) is 0 Å². The summed E-state index contributed by atoms with van der Waals surface area (Å²) < 4.78 is 0. The van der Waals surface area contributed by atoms with Gasteiger partial charge in [-0.1, -0.05) is 97.3 Å². The van der Waals surface area contributed by atoms with Crippen LogP contribution in [0.1, 0.15) is 110 Å². The third-order valence-electron chi connectivity index (χ3n) is 5.24. The van der Waals surface area contributed by atoms with E-state index < -0.39 is 0 Å². The minimum absolute atomic E-state index is 0.699. The Morgan fingerprint density at radius 3 is 1.74 bits per heavy atom. The summed E-state index contributed by atoms with van der Waals surface area (Å²) in [5.74, 6) is 2.00. The molecule has 1 aliphatic heterocycles. The highest BCUT2D eigenvalue weighted by atomic mass is 15.1. The van der Waals surface area contributed by atoms with Gasteiger partial charge in [-0.25, -0.2) is 0 Å². The molecule has 0 aromatic carbocycles. The van der Waals surface area contributed by atoms with Gasteiger partial charge in [-0.05, 0) is 12.8 Å². The summed E-state index contributed by atoms with van der Waals surface area (Å²) in [5, 5.41) is 3.45. The lowest BCUT2D eigenvalue weighted by Crippen LogP contribution is -2.26. The molecule has 0 bridgehead atoms. The first-order chi connectivity index (χ1) is 11.4. The number of amidine groups is 1. The molecular weight excluding hydrogens is 280 g/mol. The van der Waals surface area contributed by atoms with Crippen LogP contribution in [0.2, 0.25) is 0 Å². The molecule has 1 aliphatic rings. The van der Waals surface area contributed by atoms with Gasteiger partial charge in [-0.3, -0.25) is 4.99 Å². The molecule has 2 nitrogen and oxygen atoms in total. The maximum Gasteiger partial charge on any atom is 0.0995 e. The Hall–Kier alpha value is -0.530. The molecule has 136 valence electrons. The summed E-state index contributed by atoms with van der Waals surface area (Å²) in [6, 6.07) is 0. The van der Waals surface area contributed by atoms with E-state index in [9.17, 15) is 0 Å². The molecule has 23 heavy (non-hydrogen) atoms. The van der Waals surface area contributed by atoms with E-state index in [1.54, 1.807) is 0 Å². The van der Waals surface area contributed by atoms with Gasteiger partial charge in [0.25, 0.3) is 0 Å². The number of hydrogen-bond donors (Lipinski definition) is 1. The lowest BCUT2D eigenvalue weighted by Gasteiger charge is -2.15. The van der Waals surface area contributed by atoms with Crippen LogP contribution in [0, 0.1) is 5.92 Å². The Bertz CT molecular complexity index is 286. The van der Waals surface area contributed by atoms with Crippen LogP contribution < -0.4 is 5.32 Å². The molecule has 0 fully saturated rings. The Morgan fingerprint density at radius 2 is 1.30 bits per heavy atom. The summed E-state index contributed by atoms with van der Waals surface area (Å²) >= 11 is 0. The second-order valence-corrected chi connectivity index (χ2v) is 7.33. The number of hydrogen-bond acceptors (Lipinski definition) is 2. The number of nitrogens with zero attached hydrogens (tertiary/aromatic N) is 1. The molecule has 1 atom stereocenters. The smallest absolute Gasteiger partial charge is 0.0995 e. The predicted molar refractivity (Wildman–Crippen MR) is 104 cm³/mol. The van der Waals surface area contributed by atoms with E-state index >= 15 is 0 Å². The zero-order valence-electron chi connectivity index (χ0n) is 16.0. The standard InChI is InChI=1S/C21H42N2/c1-3-5-6-7-8-9-10-11-12-13-14-15-16-17-20(4-2)21-22-18-19-23-21/h20H,3-19H2,1-2H3,(H,22,23). The summed E-state index contributed by atoms with van der Waals surface area (Å²) in [4.78, 5) is 4.59. The Balaban J connectivity index is 1.81. The third-order valence-corrected chi connectivity index (χ3v) is 5.24. The van der Waals surface area contributed by atoms with Gasteiger partial charge in [0.2, 0.25) is 0 Å². The van der Waals surface area contributed by atoms with Crippen molar-refractivity contribution in [1.82, 2.24) is 5.32 Å². The average molecular weight is 323 g/mol. The Labute approximate surface area is 145 Å². The minimum atomic E-state index is 0.699. The molecule has 1 heterocycles.